The second-order valence-corrected chi connectivity index (χ2v) is 3.09. The maximum Gasteiger partial charge on any atom is 0.321 e. The third-order valence-electron chi connectivity index (χ3n) is 1.87. The number of hydrogen-bond donors (Lipinski definition) is 1. The fourth-order valence-electron chi connectivity index (χ4n) is 1.18. The van der Waals surface area contributed by atoms with Crippen molar-refractivity contribution < 1.29 is 14.4 Å². The molecular weight excluding hydrogens is 194 g/mol. The standard InChI is InChI=1S/C11H15NO3/c1-9(13)15-12-7-6-10-4-3-5-11(8-10)14-2/h3-5,8,12H,6-7H2,1-2H3. The first-order valence-corrected chi connectivity index (χ1v) is 4.75. The molecule has 1 aromatic rings. The number of hydrogen-bond acceptors (Lipinski definition) is 4. The van der Waals surface area contributed by atoms with Gasteiger partial charge >= 0.3 is 5.97 Å². The van der Waals surface area contributed by atoms with Crippen molar-refractivity contribution in [1.82, 2.24) is 5.48 Å². The van der Waals surface area contributed by atoms with Crippen LogP contribution in [0.5, 0.6) is 5.75 Å². The fraction of sp³-hybridized carbons (Fsp3) is 0.364. The van der Waals surface area contributed by atoms with Crippen molar-refractivity contribution in [1.29, 1.82) is 0 Å². The number of benzene rings is 1. The molecule has 1 aromatic carbocycles. The van der Waals surface area contributed by atoms with E-state index in [1.807, 2.05) is 24.3 Å². The van der Waals surface area contributed by atoms with E-state index in [0.29, 0.717) is 6.54 Å². The number of methoxy groups -OCH3 is 1. The predicted molar refractivity (Wildman–Crippen MR) is 56.5 cm³/mol. The molecule has 0 bridgehead atoms. The van der Waals surface area contributed by atoms with Crippen LogP contribution in [0.4, 0.5) is 0 Å². The molecule has 0 aliphatic heterocycles. The van der Waals surface area contributed by atoms with E-state index in [-0.39, 0.29) is 5.97 Å². The summed E-state index contributed by atoms with van der Waals surface area (Å²) < 4.78 is 5.09. The minimum absolute atomic E-state index is 0.333. The van der Waals surface area contributed by atoms with Crippen molar-refractivity contribution in [3.05, 3.63) is 29.8 Å². The van der Waals surface area contributed by atoms with Crippen molar-refractivity contribution in [3.63, 3.8) is 0 Å². The van der Waals surface area contributed by atoms with E-state index in [1.165, 1.54) is 6.92 Å². The Kier molecular flexibility index (Phi) is 4.63. The lowest BCUT2D eigenvalue weighted by Gasteiger charge is -2.05. The highest BCUT2D eigenvalue weighted by atomic mass is 16.7. The Morgan fingerprint density at radius 2 is 2.27 bits per heavy atom. The summed E-state index contributed by atoms with van der Waals surface area (Å²) in [6, 6.07) is 7.77. The van der Waals surface area contributed by atoms with Gasteiger partial charge in [-0.15, -0.1) is 0 Å². The number of hydroxylamine groups is 1. The summed E-state index contributed by atoms with van der Waals surface area (Å²) in [5, 5.41) is 0. The average molecular weight is 209 g/mol. The molecule has 0 radical (unpaired) electrons. The van der Waals surface area contributed by atoms with Crippen LogP contribution in [0.1, 0.15) is 12.5 Å². The molecule has 0 heterocycles. The molecule has 0 saturated carbocycles. The number of carbonyl (C=O) groups is 1. The average Bonchev–Trinajstić information content (AvgIpc) is 2.24. The van der Waals surface area contributed by atoms with Crippen LogP contribution < -0.4 is 10.2 Å². The molecule has 1 rings (SSSR count). The van der Waals surface area contributed by atoms with E-state index in [1.54, 1.807) is 7.11 Å². The van der Waals surface area contributed by atoms with Gasteiger partial charge in [0.05, 0.1) is 7.11 Å². The van der Waals surface area contributed by atoms with Gasteiger partial charge in [0.25, 0.3) is 0 Å². The van der Waals surface area contributed by atoms with Gasteiger partial charge in [-0.25, -0.2) is 0 Å². The molecular formula is C11H15NO3. The first kappa shape index (κ1) is 11.5. The lowest BCUT2D eigenvalue weighted by Crippen LogP contribution is -2.20. The maximum atomic E-state index is 10.5. The van der Waals surface area contributed by atoms with Crippen molar-refractivity contribution in [3.8, 4) is 5.75 Å². The first-order valence-electron chi connectivity index (χ1n) is 4.75. The quantitative estimate of drug-likeness (QED) is 0.586. The van der Waals surface area contributed by atoms with Gasteiger partial charge in [0.2, 0.25) is 0 Å². The smallest absolute Gasteiger partial charge is 0.321 e. The summed E-state index contributed by atoms with van der Waals surface area (Å²) in [6.45, 7) is 1.95. The Bertz CT molecular complexity index is 325. The van der Waals surface area contributed by atoms with Gasteiger partial charge in [-0.2, -0.15) is 5.48 Å². The summed E-state index contributed by atoms with van der Waals surface area (Å²) in [5.74, 6) is 0.501. The van der Waals surface area contributed by atoms with Crippen LogP contribution in [0, 0.1) is 0 Å². The van der Waals surface area contributed by atoms with Gasteiger partial charge in [-0.05, 0) is 24.1 Å². The molecule has 82 valence electrons. The van der Waals surface area contributed by atoms with E-state index in [9.17, 15) is 4.79 Å². The summed E-state index contributed by atoms with van der Waals surface area (Å²) in [5.41, 5.74) is 3.71. The molecule has 4 nitrogen and oxygen atoms in total. The van der Waals surface area contributed by atoms with Gasteiger partial charge < -0.3 is 9.57 Å². The van der Waals surface area contributed by atoms with Crippen LogP contribution in [-0.2, 0) is 16.1 Å². The van der Waals surface area contributed by atoms with Crippen molar-refractivity contribution >= 4 is 5.97 Å². The third-order valence-corrected chi connectivity index (χ3v) is 1.87. The summed E-state index contributed by atoms with van der Waals surface area (Å²) in [4.78, 5) is 15.1. The SMILES string of the molecule is COc1cccc(CCNOC(C)=O)c1. The minimum Gasteiger partial charge on any atom is -0.497 e. The van der Waals surface area contributed by atoms with E-state index < -0.39 is 0 Å². The van der Waals surface area contributed by atoms with E-state index in [2.05, 4.69) is 10.3 Å². The zero-order chi connectivity index (χ0) is 11.1. The molecule has 0 aliphatic carbocycles. The van der Waals surface area contributed by atoms with Crippen LogP contribution in [0.15, 0.2) is 24.3 Å². The molecule has 0 spiro atoms. The molecule has 0 atom stereocenters. The normalized spacial score (nSPS) is 9.73. The van der Waals surface area contributed by atoms with Crippen molar-refractivity contribution in [2.75, 3.05) is 13.7 Å². The number of ether oxygens (including phenoxy) is 1. The number of carbonyl (C=O) groups excluding carboxylic acids is 1. The fourth-order valence-corrected chi connectivity index (χ4v) is 1.18. The van der Waals surface area contributed by atoms with Crippen LogP contribution >= 0.6 is 0 Å². The topological polar surface area (TPSA) is 47.6 Å². The Labute approximate surface area is 89.1 Å². The number of nitrogens with one attached hydrogen (secondary N) is 1. The van der Waals surface area contributed by atoms with Gasteiger partial charge in [0.1, 0.15) is 5.75 Å². The van der Waals surface area contributed by atoms with Crippen molar-refractivity contribution in [2.24, 2.45) is 0 Å². The summed E-state index contributed by atoms with van der Waals surface area (Å²) in [6.07, 6.45) is 0.782. The van der Waals surface area contributed by atoms with E-state index in [4.69, 9.17) is 4.74 Å². The number of rotatable bonds is 5. The molecule has 0 unspecified atom stereocenters. The molecule has 0 fully saturated rings. The Hall–Kier alpha value is -1.55. The highest BCUT2D eigenvalue weighted by molar-refractivity contribution is 5.65. The molecule has 1 N–H and O–H groups in total. The molecule has 0 aliphatic rings. The zero-order valence-electron chi connectivity index (χ0n) is 8.95. The van der Waals surface area contributed by atoms with Crippen molar-refractivity contribution in [2.45, 2.75) is 13.3 Å². The lowest BCUT2D eigenvalue weighted by atomic mass is 10.1. The van der Waals surface area contributed by atoms with Gasteiger partial charge in [-0.3, -0.25) is 4.79 Å². The second kappa shape index (κ2) is 6.03. The largest absolute Gasteiger partial charge is 0.497 e. The van der Waals surface area contributed by atoms with Gasteiger partial charge in [0, 0.05) is 13.5 Å². The highest BCUT2D eigenvalue weighted by Gasteiger charge is 1.96. The molecule has 0 aromatic heterocycles. The molecule has 15 heavy (non-hydrogen) atoms. The van der Waals surface area contributed by atoms with Gasteiger partial charge in [0.15, 0.2) is 0 Å². The maximum absolute atomic E-state index is 10.5. The van der Waals surface area contributed by atoms with E-state index in [0.717, 1.165) is 17.7 Å². The zero-order valence-corrected chi connectivity index (χ0v) is 8.95. The van der Waals surface area contributed by atoms with E-state index >= 15 is 0 Å². The predicted octanol–water partition coefficient (Wildman–Crippen LogP) is 1.31. The monoisotopic (exact) mass is 209 g/mol. The molecule has 4 heteroatoms. The Morgan fingerprint density at radius 3 is 2.93 bits per heavy atom. The van der Waals surface area contributed by atoms with Crippen LogP contribution in [0.3, 0.4) is 0 Å². The second-order valence-electron chi connectivity index (χ2n) is 3.09. The van der Waals surface area contributed by atoms with Crippen LogP contribution in [0.2, 0.25) is 0 Å². The minimum atomic E-state index is -0.333. The molecule has 0 amide bonds. The summed E-state index contributed by atoms with van der Waals surface area (Å²) >= 11 is 0. The van der Waals surface area contributed by atoms with Crippen LogP contribution in [-0.4, -0.2) is 19.6 Å². The van der Waals surface area contributed by atoms with Gasteiger partial charge in [-0.1, -0.05) is 12.1 Å². The van der Waals surface area contributed by atoms with Crippen LogP contribution in [0.25, 0.3) is 0 Å². The highest BCUT2D eigenvalue weighted by Crippen LogP contribution is 2.12. The first-order chi connectivity index (χ1) is 7.22. The summed E-state index contributed by atoms with van der Waals surface area (Å²) in [7, 11) is 1.64. The lowest BCUT2D eigenvalue weighted by molar-refractivity contribution is -0.148. The molecule has 0 saturated heterocycles. The Morgan fingerprint density at radius 1 is 1.47 bits per heavy atom. The third kappa shape index (κ3) is 4.46. The Balaban J connectivity index is 2.33.